The molecule has 2 rings (SSSR count). The summed E-state index contributed by atoms with van der Waals surface area (Å²) >= 11 is 0. The average Bonchev–Trinajstić information content (AvgIpc) is 2.52. The molecule has 0 saturated carbocycles. The van der Waals surface area contributed by atoms with Gasteiger partial charge in [0, 0.05) is 6.42 Å². The minimum absolute atomic E-state index is 0.0939. The number of rotatable bonds is 8. The molecule has 2 N–H and O–H groups in total. The second-order valence-corrected chi connectivity index (χ2v) is 7.55. The van der Waals surface area contributed by atoms with Gasteiger partial charge in [-0.05, 0) is 19.4 Å². The van der Waals surface area contributed by atoms with Gasteiger partial charge in [0.25, 0.3) is 0 Å². The maximum Gasteiger partial charge on any atom is 0.534 e. The zero-order valence-corrected chi connectivity index (χ0v) is 14.7. The zero-order chi connectivity index (χ0) is 19.7. The fraction of sp³-hybridized carbons (Fsp3) is 0.714. The lowest BCUT2D eigenvalue weighted by atomic mass is 9.86. The van der Waals surface area contributed by atoms with E-state index in [0.29, 0.717) is 6.54 Å². The number of carboxylic acid groups (broad SMARTS) is 1. The number of carbonyl (C=O) groups is 2. The highest BCUT2D eigenvalue weighted by Gasteiger charge is 2.55. The number of aliphatic carboxylic acids is 1. The van der Waals surface area contributed by atoms with E-state index in [1.165, 1.54) is 0 Å². The van der Waals surface area contributed by atoms with Crippen molar-refractivity contribution in [2.75, 3.05) is 6.54 Å². The number of fused-ring (bicyclic) bond motifs is 1. The molecule has 26 heavy (non-hydrogen) atoms. The summed E-state index contributed by atoms with van der Waals surface area (Å²) in [6.07, 6.45) is 2.52. The Labute approximate surface area is 148 Å². The van der Waals surface area contributed by atoms with Gasteiger partial charge in [0.1, 0.15) is 6.04 Å². The molecule has 0 aromatic rings. The van der Waals surface area contributed by atoms with Crippen LogP contribution < -0.4 is 5.32 Å². The van der Waals surface area contributed by atoms with E-state index in [4.69, 9.17) is 0 Å². The first-order valence-electron chi connectivity index (χ1n) is 8.05. The highest BCUT2D eigenvalue weighted by molar-refractivity contribution is 7.87. The van der Waals surface area contributed by atoms with Crippen molar-refractivity contribution in [3.8, 4) is 0 Å². The molecule has 1 amide bonds. The maximum absolute atomic E-state index is 12.5. The summed E-state index contributed by atoms with van der Waals surface area (Å²) in [4.78, 5) is 24.4. The molecule has 0 spiro atoms. The van der Waals surface area contributed by atoms with Crippen molar-refractivity contribution in [1.29, 1.82) is 0 Å². The van der Waals surface area contributed by atoms with Gasteiger partial charge in [-0.15, -0.1) is 0 Å². The molecule has 148 valence electrons. The molecule has 0 unspecified atom stereocenters. The second-order valence-electron chi connectivity index (χ2n) is 6.01. The first kappa shape index (κ1) is 20.5. The summed E-state index contributed by atoms with van der Waals surface area (Å²) in [5.41, 5.74) is -6.55. The Morgan fingerprint density at radius 1 is 1.38 bits per heavy atom. The third-order valence-electron chi connectivity index (χ3n) is 4.23. The summed E-state index contributed by atoms with van der Waals surface area (Å²) in [6.45, 7) is 2.56. The zero-order valence-electron chi connectivity index (χ0n) is 13.9. The number of β-lactam (4-membered cyclic amide) rings is 1. The molecule has 2 aliphatic heterocycles. The van der Waals surface area contributed by atoms with Crippen molar-refractivity contribution in [2.24, 2.45) is 0 Å². The molecular weight excluding hydrogens is 381 g/mol. The summed E-state index contributed by atoms with van der Waals surface area (Å²) in [7, 11) is -6.01. The van der Waals surface area contributed by atoms with Crippen LogP contribution in [0.25, 0.3) is 0 Å². The van der Waals surface area contributed by atoms with E-state index in [-0.39, 0.29) is 12.8 Å². The molecule has 0 bridgehead atoms. The smallest absolute Gasteiger partial charge is 0.476 e. The van der Waals surface area contributed by atoms with Crippen LogP contribution in [0.5, 0.6) is 0 Å². The predicted octanol–water partition coefficient (Wildman–Crippen LogP) is 1.30. The van der Waals surface area contributed by atoms with Gasteiger partial charge in [0.15, 0.2) is 11.5 Å². The third-order valence-corrected chi connectivity index (χ3v) is 5.22. The number of halogens is 3. The van der Waals surface area contributed by atoms with Gasteiger partial charge in [-0.25, -0.2) is 4.79 Å². The number of hydrogen-bond acceptors (Lipinski definition) is 6. The molecule has 0 aromatic carbocycles. The number of nitrogens with one attached hydrogen (secondary N) is 1. The Morgan fingerprint density at radius 2 is 2.04 bits per heavy atom. The number of amides is 1. The Balaban J connectivity index is 2.19. The van der Waals surface area contributed by atoms with Crippen LogP contribution in [0, 0.1) is 0 Å². The van der Waals surface area contributed by atoms with E-state index in [1.807, 2.05) is 6.92 Å². The van der Waals surface area contributed by atoms with Crippen molar-refractivity contribution >= 4 is 22.0 Å². The Bertz CT molecular complexity index is 719. The standard InChI is InChI=1S/C14H19F3N2O6S/c1-2-3-4-7-18-10-8-5-6-9(25-26(23,24)14(15,16)17)11(13(21)22)19(8)12(10)20/h8,10,18H,2-7H2,1H3,(H,21,22)/t8-,10+/m1/s1. The Morgan fingerprint density at radius 3 is 2.58 bits per heavy atom. The molecule has 1 saturated heterocycles. The number of carbonyl (C=O) groups excluding carboxylic acids is 1. The SMILES string of the molecule is CCCCCN[C@@H]1C(=O)N2C(C(=O)O)=C(OS(=O)(=O)C(F)(F)F)CC[C@H]12. The van der Waals surface area contributed by atoms with Crippen LogP contribution in [0.1, 0.15) is 39.0 Å². The van der Waals surface area contributed by atoms with Crippen molar-refractivity contribution in [1.82, 2.24) is 10.2 Å². The van der Waals surface area contributed by atoms with Crippen LogP contribution in [0.15, 0.2) is 11.5 Å². The number of hydrogen-bond donors (Lipinski definition) is 2. The number of nitrogens with zero attached hydrogens (tertiary/aromatic N) is 1. The van der Waals surface area contributed by atoms with Gasteiger partial charge in [-0.2, -0.15) is 21.6 Å². The fourth-order valence-corrected chi connectivity index (χ4v) is 3.51. The number of carboxylic acids is 1. The van der Waals surface area contributed by atoms with Gasteiger partial charge in [0.05, 0.1) is 6.04 Å². The van der Waals surface area contributed by atoms with Crippen LogP contribution in [0.3, 0.4) is 0 Å². The van der Waals surface area contributed by atoms with Gasteiger partial charge < -0.3 is 14.6 Å². The van der Waals surface area contributed by atoms with E-state index < -0.39 is 51.0 Å². The maximum atomic E-state index is 12.5. The highest BCUT2D eigenvalue weighted by Crippen LogP contribution is 2.39. The van der Waals surface area contributed by atoms with Crippen LogP contribution in [0.2, 0.25) is 0 Å². The normalized spacial score (nSPS) is 23.5. The molecule has 2 heterocycles. The molecule has 2 atom stereocenters. The van der Waals surface area contributed by atoms with Crippen LogP contribution in [0.4, 0.5) is 13.2 Å². The largest absolute Gasteiger partial charge is 0.534 e. The molecule has 0 radical (unpaired) electrons. The first-order chi connectivity index (χ1) is 12.0. The Hall–Kier alpha value is -1.82. The number of alkyl halides is 3. The van der Waals surface area contributed by atoms with Crippen LogP contribution in [-0.4, -0.2) is 54.4 Å². The molecule has 1 fully saturated rings. The van der Waals surface area contributed by atoms with Crippen molar-refractivity contribution in [2.45, 2.75) is 56.6 Å². The topological polar surface area (TPSA) is 113 Å². The average molecular weight is 400 g/mol. The van der Waals surface area contributed by atoms with Gasteiger partial charge in [0.2, 0.25) is 5.91 Å². The molecule has 0 aromatic heterocycles. The fourth-order valence-electron chi connectivity index (χ4n) is 2.99. The summed E-state index contributed by atoms with van der Waals surface area (Å²) in [5, 5.41) is 12.3. The van der Waals surface area contributed by atoms with E-state index >= 15 is 0 Å². The monoisotopic (exact) mass is 400 g/mol. The van der Waals surface area contributed by atoms with E-state index in [1.54, 1.807) is 0 Å². The lowest BCUT2D eigenvalue weighted by Crippen LogP contribution is -2.71. The summed E-state index contributed by atoms with van der Waals surface area (Å²) in [5.74, 6) is -3.24. The molecule has 0 aliphatic carbocycles. The minimum Gasteiger partial charge on any atom is -0.476 e. The van der Waals surface area contributed by atoms with E-state index in [9.17, 15) is 36.3 Å². The van der Waals surface area contributed by atoms with Gasteiger partial charge >= 0.3 is 21.6 Å². The van der Waals surface area contributed by atoms with Gasteiger partial charge in [-0.3, -0.25) is 9.69 Å². The summed E-state index contributed by atoms with van der Waals surface area (Å²) < 4.78 is 63.7. The third kappa shape index (κ3) is 3.80. The van der Waals surface area contributed by atoms with Crippen LogP contribution >= 0.6 is 0 Å². The Kier molecular flexibility index (Phi) is 5.85. The molecule has 2 aliphatic rings. The van der Waals surface area contributed by atoms with Gasteiger partial charge in [-0.1, -0.05) is 19.8 Å². The lowest BCUT2D eigenvalue weighted by Gasteiger charge is -2.49. The first-order valence-corrected chi connectivity index (χ1v) is 9.45. The minimum atomic E-state index is -6.01. The van der Waals surface area contributed by atoms with E-state index in [2.05, 4.69) is 9.50 Å². The summed E-state index contributed by atoms with van der Waals surface area (Å²) in [6, 6.07) is -1.20. The van der Waals surface area contributed by atoms with Crippen LogP contribution in [-0.2, 0) is 23.9 Å². The highest BCUT2D eigenvalue weighted by atomic mass is 32.2. The lowest BCUT2D eigenvalue weighted by molar-refractivity contribution is -0.155. The van der Waals surface area contributed by atoms with Crippen molar-refractivity contribution in [3.63, 3.8) is 0 Å². The number of unbranched alkanes of at least 4 members (excludes halogenated alkanes) is 2. The predicted molar refractivity (Wildman–Crippen MR) is 81.9 cm³/mol. The molecule has 12 heteroatoms. The molecule has 8 nitrogen and oxygen atoms in total. The molecular formula is C14H19F3N2O6S. The number of allylic oxidation sites excluding steroid dienone is 1. The van der Waals surface area contributed by atoms with Crippen molar-refractivity contribution in [3.05, 3.63) is 11.5 Å². The van der Waals surface area contributed by atoms with E-state index in [0.717, 1.165) is 24.2 Å². The van der Waals surface area contributed by atoms with Crippen molar-refractivity contribution < 1.29 is 40.5 Å². The second kappa shape index (κ2) is 7.43. The quantitative estimate of drug-likeness (QED) is 0.273.